The molecule has 170 valence electrons. The minimum atomic E-state index is -1.58. The lowest BCUT2D eigenvalue weighted by Crippen LogP contribution is -2.28. The molecule has 0 amide bonds. The maximum absolute atomic E-state index is 12.3. The molecule has 0 spiro atoms. The van der Waals surface area contributed by atoms with Crippen LogP contribution in [0.5, 0.6) is 5.75 Å². The van der Waals surface area contributed by atoms with E-state index in [1.165, 1.54) is 24.3 Å². The molecule has 9 heteroatoms. The lowest BCUT2D eigenvalue weighted by molar-refractivity contribution is -0.387. The second kappa shape index (κ2) is 11.3. The largest absolute Gasteiger partial charge is 0.464 e. The number of carbonyl (C=O) groups excluding carboxylic acids is 2. The number of ether oxygens (including phenoxy) is 2. The molecule has 0 saturated heterocycles. The molecule has 0 saturated carbocycles. The molecule has 33 heavy (non-hydrogen) atoms. The lowest BCUT2D eigenvalue weighted by Gasteiger charge is -2.22. The molecule has 0 heterocycles. The van der Waals surface area contributed by atoms with E-state index < -0.39 is 28.2 Å². The molecule has 2 atom stereocenters. The highest BCUT2D eigenvalue weighted by Gasteiger charge is 2.32. The fourth-order valence-corrected chi connectivity index (χ4v) is 4.20. The van der Waals surface area contributed by atoms with E-state index in [1.54, 1.807) is 61.5 Å². The maximum atomic E-state index is 12.3. The van der Waals surface area contributed by atoms with E-state index in [4.69, 9.17) is 9.47 Å². The zero-order valence-electron chi connectivity index (χ0n) is 17.6. The third-order valence-corrected chi connectivity index (χ3v) is 5.94. The summed E-state index contributed by atoms with van der Waals surface area (Å²) in [5, 5.41) is 21.2. The molecule has 0 fully saturated rings. The predicted octanol–water partition coefficient (Wildman–Crippen LogP) is 4.57. The molecule has 0 unspecified atom stereocenters. The van der Waals surface area contributed by atoms with Gasteiger partial charge in [-0.15, -0.1) is 11.8 Å². The minimum absolute atomic E-state index is 0.0765. The Morgan fingerprint density at radius 1 is 1.00 bits per heavy atom. The summed E-state index contributed by atoms with van der Waals surface area (Å²) in [6, 6.07) is 20.8. The number of benzene rings is 3. The van der Waals surface area contributed by atoms with Crippen LogP contribution >= 0.6 is 11.8 Å². The molecular formula is C24H21NO7S. The Morgan fingerprint density at radius 2 is 1.64 bits per heavy atom. The maximum Gasteiger partial charge on any atom is 0.343 e. The van der Waals surface area contributed by atoms with E-state index in [0.717, 1.165) is 11.8 Å². The third kappa shape index (κ3) is 6.18. The summed E-state index contributed by atoms with van der Waals surface area (Å²) in [6.45, 7) is 1.69. The lowest BCUT2D eigenvalue weighted by atomic mass is 10.1. The molecule has 0 aliphatic heterocycles. The number of aliphatic hydroxyl groups is 1. The molecule has 0 radical (unpaired) electrons. The zero-order valence-corrected chi connectivity index (χ0v) is 18.4. The van der Waals surface area contributed by atoms with E-state index in [-0.39, 0.29) is 22.9 Å². The minimum Gasteiger partial charge on any atom is -0.464 e. The van der Waals surface area contributed by atoms with Crippen molar-refractivity contribution < 1.29 is 29.1 Å². The van der Waals surface area contributed by atoms with Crippen molar-refractivity contribution in [1.29, 1.82) is 0 Å². The van der Waals surface area contributed by atoms with Crippen LogP contribution in [0.4, 0.5) is 5.69 Å². The van der Waals surface area contributed by atoms with Crippen molar-refractivity contribution >= 4 is 29.4 Å². The number of esters is 2. The standard InChI is InChI=1S/C24H21NO7S/c1-2-31-24(28)21(26)22(33-20-11-7-6-10-19(20)25(29)30)16-12-14-18(15-13-16)32-23(27)17-8-4-3-5-9-17/h3-15,21-22,26H,2H2,1H3/t21-,22+/m1/s1. The van der Waals surface area contributed by atoms with Gasteiger partial charge in [-0.2, -0.15) is 0 Å². The van der Waals surface area contributed by atoms with Crippen LogP contribution in [-0.2, 0) is 9.53 Å². The molecular weight excluding hydrogens is 446 g/mol. The first kappa shape index (κ1) is 24.0. The summed E-state index contributed by atoms with van der Waals surface area (Å²) in [5.41, 5.74) is 0.749. The normalized spacial score (nSPS) is 12.4. The molecule has 3 aromatic carbocycles. The van der Waals surface area contributed by atoms with Crippen molar-refractivity contribution in [1.82, 2.24) is 0 Å². The van der Waals surface area contributed by atoms with Crippen molar-refractivity contribution in [3.8, 4) is 5.75 Å². The number of nitro groups is 1. The zero-order chi connectivity index (χ0) is 23.8. The number of nitrogens with zero attached hydrogens (tertiary/aromatic N) is 1. The quantitative estimate of drug-likeness (QED) is 0.160. The summed E-state index contributed by atoms with van der Waals surface area (Å²) < 4.78 is 10.3. The average Bonchev–Trinajstić information content (AvgIpc) is 2.83. The number of hydrogen-bond acceptors (Lipinski definition) is 8. The highest BCUT2D eigenvalue weighted by atomic mass is 32.2. The van der Waals surface area contributed by atoms with Crippen LogP contribution in [0.3, 0.4) is 0 Å². The van der Waals surface area contributed by atoms with Gasteiger partial charge in [0.25, 0.3) is 5.69 Å². The number of hydrogen-bond donors (Lipinski definition) is 1. The topological polar surface area (TPSA) is 116 Å². The van der Waals surface area contributed by atoms with Gasteiger partial charge in [-0.25, -0.2) is 9.59 Å². The smallest absolute Gasteiger partial charge is 0.343 e. The van der Waals surface area contributed by atoms with Gasteiger partial charge in [-0.05, 0) is 42.8 Å². The van der Waals surface area contributed by atoms with E-state index in [1.807, 2.05) is 0 Å². The number of carbonyl (C=O) groups is 2. The van der Waals surface area contributed by atoms with Crippen LogP contribution in [0.25, 0.3) is 0 Å². The van der Waals surface area contributed by atoms with E-state index in [9.17, 15) is 24.8 Å². The van der Waals surface area contributed by atoms with E-state index >= 15 is 0 Å². The number of aliphatic hydroxyl groups excluding tert-OH is 1. The highest BCUT2D eigenvalue weighted by molar-refractivity contribution is 7.99. The van der Waals surface area contributed by atoms with Crippen molar-refractivity contribution in [2.45, 2.75) is 23.2 Å². The van der Waals surface area contributed by atoms with Crippen LogP contribution in [0.15, 0.2) is 83.8 Å². The summed E-state index contributed by atoms with van der Waals surface area (Å²) in [4.78, 5) is 35.7. The number of para-hydroxylation sites is 1. The average molecular weight is 467 g/mol. The first-order valence-corrected chi connectivity index (χ1v) is 10.9. The van der Waals surface area contributed by atoms with Gasteiger partial charge in [0.2, 0.25) is 0 Å². The summed E-state index contributed by atoms with van der Waals surface area (Å²) in [6.07, 6.45) is -1.58. The van der Waals surface area contributed by atoms with Crippen LogP contribution in [0.2, 0.25) is 0 Å². The van der Waals surface area contributed by atoms with E-state index in [0.29, 0.717) is 11.1 Å². The fraction of sp³-hybridized carbons (Fsp3) is 0.167. The molecule has 8 nitrogen and oxygen atoms in total. The van der Waals surface area contributed by atoms with Gasteiger partial charge < -0.3 is 14.6 Å². The predicted molar refractivity (Wildman–Crippen MR) is 122 cm³/mol. The van der Waals surface area contributed by atoms with Gasteiger partial charge in [-0.1, -0.05) is 42.5 Å². The Bertz CT molecular complexity index is 1120. The number of thioether (sulfide) groups is 1. The Balaban J connectivity index is 1.86. The Kier molecular flexibility index (Phi) is 8.17. The van der Waals surface area contributed by atoms with E-state index in [2.05, 4.69) is 0 Å². The molecule has 3 rings (SSSR count). The Morgan fingerprint density at radius 3 is 2.27 bits per heavy atom. The van der Waals surface area contributed by atoms with Gasteiger partial charge in [0.15, 0.2) is 6.10 Å². The number of rotatable bonds is 9. The molecule has 1 N–H and O–H groups in total. The van der Waals surface area contributed by atoms with Crippen LogP contribution in [-0.4, -0.2) is 34.7 Å². The second-order valence-electron chi connectivity index (χ2n) is 6.78. The van der Waals surface area contributed by atoms with Crippen LogP contribution in [0, 0.1) is 10.1 Å². The van der Waals surface area contributed by atoms with Crippen molar-refractivity contribution in [3.05, 3.63) is 100 Å². The van der Waals surface area contributed by atoms with Crippen LogP contribution < -0.4 is 4.74 Å². The second-order valence-corrected chi connectivity index (χ2v) is 7.97. The van der Waals surface area contributed by atoms with Crippen molar-refractivity contribution in [2.24, 2.45) is 0 Å². The summed E-state index contributed by atoms with van der Waals surface area (Å²) in [7, 11) is 0. The fourth-order valence-electron chi connectivity index (χ4n) is 2.98. The van der Waals surface area contributed by atoms with Crippen molar-refractivity contribution in [2.75, 3.05) is 6.61 Å². The third-order valence-electron chi connectivity index (χ3n) is 4.56. The summed E-state index contributed by atoms with van der Waals surface area (Å²) in [5.74, 6) is -1.10. The van der Waals surface area contributed by atoms with Gasteiger partial charge in [-0.3, -0.25) is 10.1 Å². The SMILES string of the molecule is CCOC(=O)[C@H](O)[C@@H](Sc1ccccc1[N+](=O)[O-])c1ccc(OC(=O)c2ccccc2)cc1. The van der Waals surface area contributed by atoms with Gasteiger partial charge >= 0.3 is 11.9 Å². The van der Waals surface area contributed by atoms with Gasteiger partial charge in [0, 0.05) is 6.07 Å². The molecule has 0 aliphatic carbocycles. The van der Waals surface area contributed by atoms with Crippen molar-refractivity contribution in [3.63, 3.8) is 0 Å². The number of nitro benzene ring substituents is 1. The Hall–Kier alpha value is -3.69. The van der Waals surface area contributed by atoms with Gasteiger partial charge in [0.1, 0.15) is 5.75 Å². The Labute approximate surface area is 194 Å². The first-order chi connectivity index (χ1) is 15.9. The molecule has 0 aromatic heterocycles. The summed E-state index contributed by atoms with van der Waals surface area (Å²) >= 11 is 0.975. The van der Waals surface area contributed by atoms with Gasteiger partial charge in [0.05, 0.1) is 27.2 Å². The first-order valence-electron chi connectivity index (χ1n) is 10.0. The molecule has 0 aliphatic rings. The molecule has 0 bridgehead atoms. The van der Waals surface area contributed by atoms with Crippen LogP contribution in [0.1, 0.15) is 28.1 Å². The monoisotopic (exact) mass is 467 g/mol. The highest BCUT2D eigenvalue weighted by Crippen LogP contribution is 2.42. The molecule has 3 aromatic rings.